The Morgan fingerprint density at radius 3 is 2.00 bits per heavy atom. The first-order chi connectivity index (χ1) is 8.43. The summed E-state index contributed by atoms with van der Waals surface area (Å²) in [5, 5.41) is 0. The summed E-state index contributed by atoms with van der Waals surface area (Å²) in [6.45, 7) is 5.27. The molecular formula is C11H25NO6S. The first kappa shape index (κ1) is 20.6. The van der Waals surface area contributed by atoms with Crippen molar-refractivity contribution < 1.29 is 31.2 Å². The van der Waals surface area contributed by atoms with E-state index in [0.29, 0.717) is 6.61 Å². The first-order valence-corrected chi connectivity index (χ1v) is 7.24. The predicted molar refractivity (Wildman–Crippen MR) is 70.0 cm³/mol. The normalized spacial score (nSPS) is 13.2. The fourth-order valence-corrected chi connectivity index (χ4v) is 0.729. The molecule has 0 N–H and O–H groups in total. The van der Waals surface area contributed by atoms with Gasteiger partial charge in [-0.25, -0.2) is 8.42 Å². The Morgan fingerprint density at radius 1 is 1.32 bits per heavy atom. The van der Waals surface area contributed by atoms with Crippen molar-refractivity contribution in [2.24, 2.45) is 5.92 Å². The zero-order valence-electron chi connectivity index (χ0n) is 12.5. The number of rotatable bonds is 6. The number of carbonyl (C=O) groups is 1. The van der Waals surface area contributed by atoms with E-state index in [0.717, 1.165) is 24.6 Å². The minimum Gasteiger partial charge on any atom is -0.726 e. The Labute approximate surface area is 116 Å². The summed E-state index contributed by atoms with van der Waals surface area (Å²) < 4.78 is 37.0. The van der Waals surface area contributed by atoms with Crippen LogP contribution in [0.2, 0.25) is 0 Å². The third kappa shape index (κ3) is 17.3. The number of quaternary nitrogens is 1. The van der Waals surface area contributed by atoms with Gasteiger partial charge in [-0.05, 0) is 6.42 Å². The average molecular weight is 299 g/mol. The van der Waals surface area contributed by atoms with Crippen LogP contribution in [-0.4, -0.2) is 64.8 Å². The van der Waals surface area contributed by atoms with Gasteiger partial charge in [-0.1, -0.05) is 13.8 Å². The van der Waals surface area contributed by atoms with Crippen molar-refractivity contribution >= 4 is 16.4 Å². The third-order valence-electron chi connectivity index (χ3n) is 2.23. The topological polar surface area (TPSA) is 92.7 Å². The maximum absolute atomic E-state index is 11.2. The van der Waals surface area contributed by atoms with E-state index in [2.05, 4.69) is 25.3 Å². The highest BCUT2D eigenvalue weighted by Crippen LogP contribution is 2.03. The number of hydrogen-bond acceptors (Lipinski definition) is 6. The van der Waals surface area contributed by atoms with Crippen LogP contribution >= 0.6 is 0 Å². The number of esters is 1. The lowest BCUT2D eigenvalue weighted by Gasteiger charge is -2.23. The first-order valence-electron chi connectivity index (χ1n) is 5.91. The number of ether oxygens (including phenoxy) is 1. The van der Waals surface area contributed by atoms with Crippen LogP contribution < -0.4 is 0 Å². The summed E-state index contributed by atoms with van der Waals surface area (Å²) >= 11 is 0. The molecule has 0 aliphatic carbocycles. The molecular weight excluding hydrogens is 274 g/mol. The van der Waals surface area contributed by atoms with Gasteiger partial charge in [0.2, 0.25) is 10.4 Å². The molecule has 1 atom stereocenters. The van der Waals surface area contributed by atoms with E-state index in [1.807, 2.05) is 13.8 Å². The van der Waals surface area contributed by atoms with Crippen LogP contribution in [0.1, 0.15) is 20.3 Å². The molecule has 0 heterocycles. The van der Waals surface area contributed by atoms with E-state index in [1.165, 1.54) is 0 Å². The molecule has 116 valence electrons. The molecule has 0 bridgehead atoms. The molecule has 0 aromatic heterocycles. The minimum absolute atomic E-state index is 0.0347. The number of likely N-dealkylation sites (N-methyl/N-ethyl adjacent to an activating group) is 1. The molecule has 0 saturated heterocycles. The summed E-state index contributed by atoms with van der Waals surface area (Å²) in [7, 11) is 2.64. The highest BCUT2D eigenvalue weighted by Gasteiger charge is 2.13. The van der Waals surface area contributed by atoms with E-state index >= 15 is 0 Å². The molecule has 0 aliphatic heterocycles. The number of hydrogen-bond donors (Lipinski definition) is 0. The molecule has 0 amide bonds. The van der Waals surface area contributed by atoms with Gasteiger partial charge in [0, 0.05) is 0 Å². The van der Waals surface area contributed by atoms with Crippen LogP contribution in [-0.2, 0) is 24.1 Å². The fourth-order valence-electron chi connectivity index (χ4n) is 0.729. The van der Waals surface area contributed by atoms with E-state index in [1.54, 1.807) is 0 Å². The second-order valence-electron chi connectivity index (χ2n) is 5.07. The molecule has 8 heteroatoms. The predicted octanol–water partition coefficient (Wildman–Crippen LogP) is 0.375. The molecule has 0 spiro atoms. The van der Waals surface area contributed by atoms with Crippen LogP contribution in [0.3, 0.4) is 0 Å². The van der Waals surface area contributed by atoms with E-state index < -0.39 is 10.4 Å². The Hall–Kier alpha value is -0.700. The van der Waals surface area contributed by atoms with E-state index in [4.69, 9.17) is 4.74 Å². The van der Waals surface area contributed by atoms with Crippen molar-refractivity contribution in [3.05, 3.63) is 0 Å². The number of nitrogens with zero attached hydrogens (tertiary/aromatic N) is 1. The zero-order chi connectivity index (χ0) is 15.7. The summed E-state index contributed by atoms with van der Waals surface area (Å²) in [6.07, 6.45) is 0.850. The second-order valence-corrected chi connectivity index (χ2v) is 6.22. The van der Waals surface area contributed by atoms with Crippen LogP contribution in [0, 0.1) is 5.92 Å². The van der Waals surface area contributed by atoms with Gasteiger partial charge in [0.15, 0.2) is 0 Å². The third-order valence-corrected chi connectivity index (χ3v) is 2.63. The standard InChI is InChI=1S/C10H22NO2.CH4O4S/c1-6-9(2)10(12)13-8-7-11(3,4)5;1-5-6(2,3)4/h9H,6-8H2,1-5H3;1H3,(H,2,3,4)/q+1;/p-1. The monoisotopic (exact) mass is 299 g/mol. The van der Waals surface area contributed by atoms with Gasteiger partial charge in [-0.3, -0.25) is 8.98 Å². The zero-order valence-corrected chi connectivity index (χ0v) is 13.3. The lowest BCUT2D eigenvalue weighted by Crippen LogP contribution is -2.38. The minimum atomic E-state index is -4.41. The van der Waals surface area contributed by atoms with Gasteiger partial charge in [0.05, 0.1) is 34.2 Å². The van der Waals surface area contributed by atoms with Gasteiger partial charge in [-0.2, -0.15) is 0 Å². The molecule has 0 aliphatic rings. The summed E-state index contributed by atoms with van der Waals surface area (Å²) in [4.78, 5) is 11.2. The molecule has 0 aromatic rings. The molecule has 1 unspecified atom stereocenters. The van der Waals surface area contributed by atoms with Crippen LogP contribution in [0.4, 0.5) is 0 Å². The van der Waals surface area contributed by atoms with Crippen molar-refractivity contribution in [1.29, 1.82) is 0 Å². The summed E-state index contributed by atoms with van der Waals surface area (Å²) in [5.41, 5.74) is 0. The van der Waals surface area contributed by atoms with Crippen molar-refractivity contribution in [2.75, 3.05) is 41.4 Å². The molecule has 0 aromatic carbocycles. The Balaban J connectivity index is 0. The SMILES string of the molecule is CCC(C)C(=O)OCC[N+](C)(C)C.COS(=O)(=O)[O-]. The summed E-state index contributed by atoms with van der Waals surface area (Å²) in [5.74, 6) is -0.0385. The number of carbonyl (C=O) groups excluding carboxylic acids is 1. The Kier molecular flexibility index (Phi) is 10.0. The molecule has 19 heavy (non-hydrogen) atoms. The lowest BCUT2D eigenvalue weighted by atomic mass is 10.1. The maximum atomic E-state index is 11.2. The second kappa shape index (κ2) is 9.24. The largest absolute Gasteiger partial charge is 0.726 e. The van der Waals surface area contributed by atoms with Gasteiger partial charge in [0.25, 0.3) is 0 Å². The maximum Gasteiger partial charge on any atom is 0.308 e. The molecule has 0 fully saturated rings. The molecule has 7 nitrogen and oxygen atoms in total. The van der Waals surface area contributed by atoms with Gasteiger partial charge in [-0.15, -0.1) is 0 Å². The van der Waals surface area contributed by atoms with Gasteiger partial charge in [0.1, 0.15) is 13.2 Å². The fraction of sp³-hybridized carbons (Fsp3) is 0.909. The van der Waals surface area contributed by atoms with E-state index in [-0.39, 0.29) is 11.9 Å². The Morgan fingerprint density at radius 2 is 1.74 bits per heavy atom. The van der Waals surface area contributed by atoms with Crippen LogP contribution in [0.5, 0.6) is 0 Å². The lowest BCUT2D eigenvalue weighted by molar-refractivity contribution is -0.870. The molecule has 0 saturated carbocycles. The van der Waals surface area contributed by atoms with Crippen LogP contribution in [0.25, 0.3) is 0 Å². The smallest absolute Gasteiger partial charge is 0.308 e. The summed E-state index contributed by atoms with van der Waals surface area (Å²) in [6, 6.07) is 0. The van der Waals surface area contributed by atoms with E-state index in [9.17, 15) is 17.8 Å². The van der Waals surface area contributed by atoms with Crippen molar-refractivity contribution in [3.8, 4) is 0 Å². The van der Waals surface area contributed by atoms with Crippen molar-refractivity contribution in [1.82, 2.24) is 0 Å². The Bertz CT molecular complexity index is 347. The van der Waals surface area contributed by atoms with Gasteiger partial charge >= 0.3 is 5.97 Å². The highest BCUT2D eigenvalue weighted by atomic mass is 32.3. The van der Waals surface area contributed by atoms with Crippen LogP contribution in [0.15, 0.2) is 0 Å². The molecule has 0 rings (SSSR count). The van der Waals surface area contributed by atoms with Gasteiger partial charge < -0.3 is 13.8 Å². The highest BCUT2D eigenvalue weighted by molar-refractivity contribution is 7.80. The van der Waals surface area contributed by atoms with Crippen molar-refractivity contribution in [3.63, 3.8) is 0 Å². The quantitative estimate of drug-likeness (QED) is 0.304. The molecule has 0 radical (unpaired) electrons. The average Bonchev–Trinajstić information content (AvgIpc) is 2.26. The van der Waals surface area contributed by atoms with Crippen molar-refractivity contribution in [2.45, 2.75) is 20.3 Å².